The van der Waals surface area contributed by atoms with Gasteiger partial charge in [-0.2, -0.15) is 5.10 Å². The fraction of sp³-hybridized carbons (Fsp3) is 0.100. The van der Waals surface area contributed by atoms with E-state index in [0.717, 1.165) is 0 Å². The van der Waals surface area contributed by atoms with E-state index in [2.05, 4.69) is 30.8 Å². The summed E-state index contributed by atoms with van der Waals surface area (Å²) < 4.78 is 27.1. The zero-order valence-electron chi connectivity index (χ0n) is 9.44. The van der Waals surface area contributed by atoms with Crippen molar-refractivity contribution in [2.24, 2.45) is 0 Å². The zero-order valence-corrected chi connectivity index (χ0v) is 11.8. The van der Waals surface area contributed by atoms with Crippen molar-refractivity contribution in [3.63, 3.8) is 0 Å². The number of nitrogens with two attached hydrogens (primary N) is 1. The van der Waals surface area contributed by atoms with Gasteiger partial charge in [-0.3, -0.25) is 9.82 Å². The molecular formula is C10H11BrN4O2S. The molecule has 0 aliphatic heterocycles. The second-order valence-electron chi connectivity index (χ2n) is 3.72. The molecule has 0 radical (unpaired) electrons. The number of aromatic amines is 1. The number of sulfonamides is 1. The van der Waals surface area contributed by atoms with E-state index in [1.165, 1.54) is 24.4 Å². The van der Waals surface area contributed by atoms with Gasteiger partial charge in [-0.25, -0.2) is 8.42 Å². The Bertz CT molecular complexity index is 681. The lowest BCUT2D eigenvalue weighted by Gasteiger charge is -2.08. The van der Waals surface area contributed by atoms with Gasteiger partial charge in [0.15, 0.2) is 0 Å². The van der Waals surface area contributed by atoms with E-state index in [9.17, 15) is 8.42 Å². The number of benzene rings is 1. The molecule has 4 N–H and O–H groups in total. The van der Waals surface area contributed by atoms with Gasteiger partial charge >= 0.3 is 0 Å². The molecule has 0 saturated heterocycles. The Labute approximate surface area is 113 Å². The number of anilines is 2. The number of halogens is 1. The number of aryl methyl sites for hydroxylation is 1. The van der Waals surface area contributed by atoms with Gasteiger partial charge in [-0.15, -0.1) is 0 Å². The van der Waals surface area contributed by atoms with Crippen molar-refractivity contribution in [2.75, 3.05) is 10.5 Å². The molecule has 0 unspecified atom stereocenters. The number of nitrogen functional groups attached to an aromatic ring is 1. The van der Waals surface area contributed by atoms with E-state index in [4.69, 9.17) is 5.73 Å². The summed E-state index contributed by atoms with van der Waals surface area (Å²) in [6, 6.07) is 4.41. The minimum Gasteiger partial charge on any atom is -0.398 e. The molecule has 2 aromatic rings. The summed E-state index contributed by atoms with van der Waals surface area (Å²) in [7, 11) is -3.65. The highest BCUT2D eigenvalue weighted by atomic mass is 79.9. The number of hydrogen-bond donors (Lipinski definition) is 3. The van der Waals surface area contributed by atoms with Crippen molar-refractivity contribution < 1.29 is 8.42 Å². The van der Waals surface area contributed by atoms with Crippen molar-refractivity contribution in [2.45, 2.75) is 11.8 Å². The maximum absolute atomic E-state index is 12.1. The van der Waals surface area contributed by atoms with Crippen molar-refractivity contribution in [3.05, 3.63) is 34.4 Å². The van der Waals surface area contributed by atoms with Crippen LogP contribution in [0.25, 0.3) is 0 Å². The monoisotopic (exact) mass is 330 g/mol. The van der Waals surface area contributed by atoms with Crippen molar-refractivity contribution in [1.29, 1.82) is 0 Å². The Morgan fingerprint density at radius 1 is 1.44 bits per heavy atom. The van der Waals surface area contributed by atoms with Crippen LogP contribution >= 0.6 is 15.9 Å². The largest absolute Gasteiger partial charge is 0.398 e. The Hall–Kier alpha value is -1.54. The standard InChI is InChI=1S/C10H11BrN4O2S/c1-6-5-13-14-10(6)15-18(16,17)7-2-3-9(12)8(11)4-7/h2-5H,12H2,1H3,(H2,13,14,15). The van der Waals surface area contributed by atoms with Crippen LogP contribution in [0.15, 0.2) is 33.8 Å². The fourth-order valence-corrected chi connectivity index (χ4v) is 2.96. The molecule has 0 amide bonds. The Balaban J connectivity index is 2.37. The molecule has 6 nitrogen and oxygen atoms in total. The number of hydrogen-bond acceptors (Lipinski definition) is 4. The molecular weight excluding hydrogens is 320 g/mol. The average Bonchev–Trinajstić information content (AvgIpc) is 2.67. The summed E-state index contributed by atoms with van der Waals surface area (Å²) in [6.45, 7) is 1.75. The topological polar surface area (TPSA) is 101 Å². The highest BCUT2D eigenvalue weighted by molar-refractivity contribution is 9.10. The lowest BCUT2D eigenvalue weighted by atomic mass is 10.3. The normalized spacial score (nSPS) is 11.4. The lowest BCUT2D eigenvalue weighted by Crippen LogP contribution is -2.14. The second-order valence-corrected chi connectivity index (χ2v) is 6.25. The molecule has 1 aromatic heterocycles. The van der Waals surface area contributed by atoms with Gasteiger partial charge in [0.1, 0.15) is 5.82 Å². The van der Waals surface area contributed by atoms with Gasteiger partial charge in [0, 0.05) is 15.7 Å². The third-order valence-corrected chi connectivity index (χ3v) is 4.38. The van der Waals surface area contributed by atoms with Crippen LogP contribution in [-0.4, -0.2) is 18.6 Å². The van der Waals surface area contributed by atoms with Crippen LogP contribution < -0.4 is 10.5 Å². The van der Waals surface area contributed by atoms with E-state index in [-0.39, 0.29) is 4.90 Å². The van der Waals surface area contributed by atoms with Gasteiger partial charge in [-0.1, -0.05) is 0 Å². The van der Waals surface area contributed by atoms with Crippen LogP contribution in [0.4, 0.5) is 11.5 Å². The molecule has 0 aliphatic carbocycles. The first kappa shape index (κ1) is 12.9. The highest BCUT2D eigenvalue weighted by Gasteiger charge is 2.17. The quantitative estimate of drug-likeness (QED) is 0.747. The predicted octanol–water partition coefficient (Wildman–Crippen LogP) is 1.86. The van der Waals surface area contributed by atoms with Crippen LogP contribution in [0.1, 0.15) is 5.56 Å². The van der Waals surface area contributed by atoms with Gasteiger partial charge in [0.05, 0.1) is 11.1 Å². The van der Waals surface area contributed by atoms with E-state index >= 15 is 0 Å². The molecule has 0 spiro atoms. The van der Waals surface area contributed by atoms with E-state index < -0.39 is 10.0 Å². The number of aromatic nitrogens is 2. The molecule has 96 valence electrons. The third-order valence-electron chi connectivity index (χ3n) is 2.35. The second kappa shape index (κ2) is 4.62. The van der Waals surface area contributed by atoms with Gasteiger partial charge in [0.25, 0.3) is 10.0 Å². The van der Waals surface area contributed by atoms with Gasteiger partial charge < -0.3 is 5.73 Å². The van der Waals surface area contributed by atoms with E-state index in [1.807, 2.05) is 0 Å². The molecule has 0 saturated carbocycles. The van der Waals surface area contributed by atoms with Crippen molar-refractivity contribution in [3.8, 4) is 0 Å². The Kier molecular flexibility index (Phi) is 3.31. The van der Waals surface area contributed by atoms with Crippen molar-refractivity contribution >= 4 is 37.5 Å². The summed E-state index contributed by atoms with van der Waals surface area (Å²) >= 11 is 3.19. The highest BCUT2D eigenvalue weighted by Crippen LogP contribution is 2.24. The summed E-state index contributed by atoms with van der Waals surface area (Å²) in [5.41, 5.74) is 6.81. The molecule has 0 atom stereocenters. The summed E-state index contributed by atoms with van der Waals surface area (Å²) in [6.07, 6.45) is 1.54. The Morgan fingerprint density at radius 3 is 2.72 bits per heavy atom. The molecule has 0 aliphatic rings. The molecule has 18 heavy (non-hydrogen) atoms. The van der Waals surface area contributed by atoms with E-state index in [1.54, 1.807) is 6.92 Å². The van der Waals surface area contributed by atoms with Crippen LogP contribution in [0.2, 0.25) is 0 Å². The number of nitrogens with zero attached hydrogens (tertiary/aromatic N) is 1. The first-order chi connectivity index (χ1) is 8.40. The first-order valence-corrected chi connectivity index (χ1v) is 7.25. The van der Waals surface area contributed by atoms with Gasteiger partial charge in [-0.05, 0) is 41.1 Å². The summed E-state index contributed by atoms with van der Waals surface area (Å²) in [5.74, 6) is 0.350. The summed E-state index contributed by atoms with van der Waals surface area (Å²) in [5, 5.41) is 6.33. The minimum atomic E-state index is -3.65. The van der Waals surface area contributed by atoms with E-state index in [0.29, 0.717) is 21.5 Å². The average molecular weight is 331 g/mol. The zero-order chi connectivity index (χ0) is 13.3. The maximum Gasteiger partial charge on any atom is 0.263 e. The smallest absolute Gasteiger partial charge is 0.263 e. The van der Waals surface area contributed by atoms with Crippen LogP contribution in [0, 0.1) is 6.92 Å². The fourth-order valence-electron chi connectivity index (χ4n) is 1.32. The Morgan fingerprint density at radius 2 is 2.17 bits per heavy atom. The van der Waals surface area contributed by atoms with Crippen molar-refractivity contribution in [1.82, 2.24) is 10.2 Å². The lowest BCUT2D eigenvalue weighted by molar-refractivity contribution is 0.601. The first-order valence-electron chi connectivity index (χ1n) is 4.98. The maximum atomic E-state index is 12.1. The van der Waals surface area contributed by atoms with Crippen LogP contribution in [-0.2, 0) is 10.0 Å². The molecule has 8 heteroatoms. The molecule has 1 heterocycles. The molecule has 0 fully saturated rings. The third kappa shape index (κ3) is 2.49. The SMILES string of the molecule is Cc1cn[nH]c1NS(=O)(=O)c1ccc(N)c(Br)c1. The number of H-pyrrole nitrogens is 1. The molecule has 2 rings (SSSR count). The van der Waals surface area contributed by atoms with Crippen LogP contribution in [0.3, 0.4) is 0 Å². The molecule has 1 aromatic carbocycles. The van der Waals surface area contributed by atoms with Crippen LogP contribution in [0.5, 0.6) is 0 Å². The van der Waals surface area contributed by atoms with Gasteiger partial charge in [0.2, 0.25) is 0 Å². The molecule has 0 bridgehead atoms. The predicted molar refractivity (Wildman–Crippen MR) is 72.7 cm³/mol. The summed E-state index contributed by atoms with van der Waals surface area (Å²) in [4.78, 5) is 0.123. The number of nitrogens with one attached hydrogen (secondary N) is 2. The minimum absolute atomic E-state index is 0.123. The number of rotatable bonds is 3.